The van der Waals surface area contributed by atoms with Crippen molar-refractivity contribution in [3.8, 4) is 0 Å². The van der Waals surface area contributed by atoms with Gasteiger partial charge in [0.15, 0.2) is 0 Å². The Morgan fingerprint density at radius 3 is 2.59 bits per heavy atom. The van der Waals surface area contributed by atoms with Crippen LogP contribution in [0, 0.1) is 11.8 Å². The molecule has 2 fully saturated rings. The summed E-state index contributed by atoms with van der Waals surface area (Å²) in [4.78, 5) is 23.2. The molecule has 2 unspecified atom stereocenters. The Morgan fingerprint density at radius 1 is 1.17 bits per heavy atom. The molecule has 3 heterocycles. The SMILES string of the molecule is CCNc1ncc(C(=O)N2CCC(C3NNCC3Cc3ccccc3)CC2)cn1. The number of piperidine rings is 1. The van der Waals surface area contributed by atoms with E-state index in [4.69, 9.17) is 0 Å². The van der Waals surface area contributed by atoms with Crippen LogP contribution in [0.5, 0.6) is 0 Å². The monoisotopic (exact) mass is 394 g/mol. The summed E-state index contributed by atoms with van der Waals surface area (Å²) in [6.45, 7) is 5.32. The van der Waals surface area contributed by atoms with E-state index in [-0.39, 0.29) is 5.91 Å². The van der Waals surface area contributed by atoms with Gasteiger partial charge in [-0.1, -0.05) is 30.3 Å². The van der Waals surface area contributed by atoms with Crippen molar-refractivity contribution in [1.29, 1.82) is 0 Å². The van der Waals surface area contributed by atoms with Crippen molar-refractivity contribution in [2.75, 3.05) is 31.5 Å². The third-order valence-corrected chi connectivity index (χ3v) is 6.05. The van der Waals surface area contributed by atoms with E-state index in [9.17, 15) is 4.79 Å². The molecule has 154 valence electrons. The maximum Gasteiger partial charge on any atom is 0.256 e. The molecule has 1 aromatic heterocycles. The smallest absolute Gasteiger partial charge is 0.256 e. The van der Waals surface area contributed by atoms with Crippen LogP contribution in [-0.4, -0.2) is 53.0 Å². The number of anilines is 1. The lowest BCUT2D eigenvalue weighted by atomic mass is 9.81. The highest BCUT2D eigenvalue weighted by molar-refractivity contribution is 5.93. The maximum absolute atomic E-state index is 12.8. The van der Waals surface area contributed by atoms with Gasteiger partial charge in [0.25, 0.3) is 5.91 Å². The highest BCUT2D eigenvalue weighted by Crippen LogP contribution is 2.29. The summed E-state index contributed by atoms with van der Waals surface area (Å²) in [6, 6.07) is 11.2. The molecule has 2 saturated heterocycles. The minimum Gasteiger partial charge on any atom is -0.355 e. The Labute approximate surface area is 172 Å². The van der Waals surface area contributed by atoms with Crippen LogP contribution in [0.25, 0.3) is 0 Å². The maximum atomic E-state index is 12.8. The number of amides is 1. The normalized spacial score (nSPS) is 22.6. The first-order chi connectivity index (χ1) is 14.2. The largest absolute Gasteiger partial charge is 0.355 e. The van der Waals surface area contributed by atoms with E-state index in [0.29, 0.717) is 29.4 Å². The number of hydrogen-bond donors (Lipinski definition) is 3. The summed E-state index contributed by atoms with van der Waals surface area (Å²) in [5, 5.41) is 3.05. The molecule has 0 saturated carbocycles. The summed E-state index contributed by atoms with van der Waals surface area (Å²) in [5.41, 5.74) is 8.83. The number of rotatable bonds is 6. The van der Waals surface area contributed by atoms with Gasteiger partial charge in [0.2, 0.25) is 5.95 Å². The standard InChI is InChI=1S/C22H30N6O/c1-2-23-22-24-13-19(14-25-22)21(29)28-10-8-17(9-11-28)20-18(15-26-27-20)12-16-6-4-3-5-7-16/h3-7,13-14,17-18,20,26-27H,2,8-12,15H2,1H3,(H,23,24,25). The van der Waals surface area contributed by atoms with Crippen molar-refractivity contribution in [2.24, 2.45) is 11.8 Å². The van der Waals surface area contributed by atoms with Crippen molar-refractivity contribution in [3.05, 3.63) is 53.9 Å². The number of carbonyl (C=O) groups excluding carboxylic acids is 1. The van der Waals surface area contributed by atoms with E-state index >= 15 is 0 Å². The molecule has 4 rings (SSSR count). The van der Waals surface area contributed by atoms with Gasteiger partial charge >= 0.3 is 0 Å². The fourth-order valence-electron chi connectivity index (χ4n) is 4.50. The predicted molar refractivity (Wildman–Crippen MR) is 113 cm³/mol. The zero-order valence-corrected chi connectivity index (χ0v) is 17.0. The zero-order valence-electron chi connectivity index (χ0n) is 17.0. The zero-order chi connectivity index (χ0) is 20.1. The molecule has 1 amide bonds. The van der Waals surface area contributed by atoms with Gasteiger partial charge < -0.3 is 10.2 Å². The van der Waals surface area contributed by atoms with Crippen LogP contribution in [-0.2, 0) is 6.42 Å². The lowest BCUT2D eigenvalue weighted by molar-refractivity contribution is 0.0662. The highest BCUT2D eigenvalue weighted by Gasteiger charge is 2.36. The third-order valence-electron chi connectivity index (χ3n) is 6.05. The lowest BCUT2D eigenvalue weighted by Crippen LogP contribution is -2.46. The molecule has 0 aliphatic carbocycles. The molecular formula is C22H30N6O. The first kappa shape index (κ1) is 19.8. The van der Waals surface area contributed by atoms with Gasteiger partial charge in [0.05, 0.1) is 5.56 Å². The number of hydrogen-bond acceptors (Lipinski definition) is 6. The Hall–Kier alpha value is -2.51. The quantitative estimate of drug-likeness (QED) is 0.696. The molecule has 2 aromatic rings. The number of nitrogens with zero attached hydrogens (tertiary/aromatic N) is 3. The van der Waals surface area contributed by atoms with Crippen LogP contribution in [0.3, 0.4) is 0 Å². The molecule has 1 aromatic carbocycles. The van der Waals surface area contributed by atoms with E-state index in [1.54, 1.807) is 12.4 Å². The number of hydrazine groups is 1. The lowest BCUT2D eigenvalue weighted by Gasteiger charge is -2.36. The molecule has 7 heteroatoms. The van der Waals surface area contributed by atoms with Crippen LogP contribution >= 0.6 is 0 Å². The number of aromatic nitrogens is 2. The van der Waals surface area contributed by atoms with Crippen molar-refractivity contribution in [1.82, 2.24) is 25.7 Å². The van der Waals surface area contributed by atoms with Gasteiger partial charge in [0.1, 0.15) is 0 Å². The third kappa shape index (κ3) is 4.74. The topological polar surface area (TPSA) is 82.2 Å². The molecule has 0 radical (unpaired) electrons. The second kappa shape index (κ2) is 9.33. The van der Waals surface area contributed by atoms with Crippen molar-refractivity contribution < 1.29 is 4.79 Å². The van der Waals surface area contributed by atoms with E-state index in [2.05, 4.69) is 56.5 Å². The van der Waals surface area contributed by atoms with Gasteiger partial charge in [-0.3, -0.25) is 15.6 Å². The summed E-state index contributed by atoms with van der Waals surface area (Å²) in [7, 11) is 0. The molecule has 2 aliphatic heterocycles. The summed E-state index contributed by atoms with van der Waals surface area (Å²) < 4.78 is 0. The molecular weight excluding hydrogens is 364 g/mol. The highest BCUT2D eigenvalue weighted by atomic mass is 16.2. The molecule has 7 nitrogen and oxygen atoms in total. The second-order valence-corrected chi connectivity index (χ2v) is 7.96. The Morgan fingerprint density at radius 2 is 1.90 bits per heavy atom. The van der Waals surface area contributed by atoms with Gasteiger partial charge in [-0.05, 0) is 43.6 Å². The van der Waals surface area contributed by atoms with E-state index < -0.39 is 0 Å². The fraction of sp³-hybridized carbons (Fsp3) is 0.500. The average Bonchev–Trinajstić information content (AvgIpc) is 3.23. The van der Waals surface area contributed by atoms with Crippen molar-refractivity contribution in [2.45, 2.75) is 32.2 Å². The summed E-state index contributed by atoms with van der Waals surface area (Å²) in [5.74, 6) is 1.75. The molecule has 3 N–H and O–H groups in total. The van der Waals surface area contributed by atoms with Crippen LogP contribution in [0.4, 0.5) is 5.95 Å². The van der Waals surface area contributed by atoms with Gasteiger partial charge in [-0.2, -0.15) is 0 Å². The predicted octanol–water partition coefficient (Wildman–Crippen LogP) is 2.10. The Kier molecular flexibility index (Phi) is 6.36. The first-order valence-electron chi connectivity index (χ1n) is 10.6. The number of carbonyl (C=O) groups is 1. The van der Waals surface area contributed by atoms with Crippen LogP contribution in [0.1, 0.15) is 35.7 Å². The number of benzene rings is 1. The van der Waals surface area contributed by atoms with E-state index in [1.165, 1.54) is 5.56 Å². The van der Waals surface area contributed by atoms with Crippen LogP contribution in [0.15, 0.2) is 42.7 Å². The number of likely N-dealkylation sites (tertiary alicyclic amines) is 1. The van der Waals surface area contributed by atoms with Gasteiger partial charge in [0, 0.05) is 44.6 Å². The molecule has 2 aliphatic rings. The number of nitrogens with one attached hydrogen (secondary N) is 3. The van der Waals surface area contributed by atoms with Gasteiger partial charge in [-0.15, -0.1) is 0 Å². The summed E-state index contributed by atoms with van der Waals surface area (Å²) >= 11 is 0. The van der Waals surface area contributed by atoms with Crippen LogP contribution < -0.4 is 16.2 Å². The Balaban J connectivity index is 1.32. The minimum absolute atomic E-state index is 0.0323. The van der Waals surface area contributed by atoms with Gasteiger partial charge in [-0.25, -0.2) is 9.97 Å². The molecule has 0 spiro atoms. The van der Waals surface area contributed by atoms with Crippen LogP contribution in [0.2, 0.25) is 0 Å². The molecule has 0 bridgehead atoms. The summed E-state index contributed by atoms with van der Waals surface area (Å²) in [6.07, 6.45) is 6.37. The average molecular weight is 395 g/mol. The van der Waals surface area contributed by atoms with Crippen molar-refractivity contribution in [3.63, 3.8) is 0 Å². The molecule has 2 atom stereocenters. The van der Waals surface area contributed by atoms with E-state index in [0.717, 1.165) is 45.4 Å². The van der Waals surface area contributed by atoms with E-state index in [1.807, 2.05) is 11.8 Å². The van der Waals surface area contributed by atoms with Crippen molar-refractivity contribution >= 4 is 11.9 Å². The molecule has 29 heavy (non-hydrogen) atoms. The first-order valence-corrected chi connectivity index (χ1v) is 10.6. The Bertz CT molecular complexity index is 789. The fourth-order valence-corrected chi connectivity index (χ4v) is 4.50. The second-order valence-electron chi connectivity index (χ2n) is 7.96. The minimum atomic E-state index is 0.0323.